The number of carbonyl (C=O) groups excluding carboxylic acids is 2. The Morgan fingerprint density at radius 3 is 2.24 bits per heavy atom. The molecule has 3 N–H and O–H groups in total. The molecule has 174 valence electrons. The second-order valence-electron chi connectivity index (χ2n) is 8.86. The van der Waals surface area contributed by atoms with Crippen molar-refractivity contribution in [2.75, 3.05) is 6.61 Å². The Morgan fingerprint density at radius 2 is 1.67 bits per heavy atom. The lowest BCUT2D eigenvalue weighted by atomic mass is 9.98. The molecule has 7 heteroatoms. The zero-order valence-electron chi connectivity index (χ0n) is 18.8. The summed E-state index contributed by atoms with van der Waals surface area (Å²) in [5.74, 6) is -1.59. The van der Waals surface area contributed by atoms with Crippen LogP contribution in [0.25, 0.3) is 11.1 Å². The molecule has 2 amide bonds. The predicted molar refractivity (Wildman–Crippen MR) is 124 cm³/mol. The van der Waals surface area contributed by atoms with Crippen LogP contribution in [0.1, 0.15) is 56.1 Å². The van der Waals surface area contributed by atoms with Gasteiger partial charge in [-0.3, -0.25) is 9.59 Å². The number of ether oxygens (including phenoxy) is 1. The number of carbonyl (C=O) groups is 3. The van der Waals surface area contributed by atoms with Gasteiger partial charge in [-0.15, -0.1) is 0 Å². The molecule has 2 aromatic rings. The summed E-state index contributed by atoms with van der Waals surface area (Å²) in [6, 6.07) is 15.3. The summed E-state index contributed by atoms with van der Waals surface area (Å²) in [7, 11) is 0. The first-order chi connectivity index (χ1) is 16.0. The Kier molecular flexibility index (Phi) is 6.96. The van der Waals surface area contributed by atoms with Crippen molar-refractivity contribution in [2.45, 2.75) is 57.0 Å². The number of carboxylic acid groups (broad SMARTS) is 1. The maximum absolute atomic E-state index is 12.8. The number of hydrogen-bond donors (Lipinski definition) is 3. The van der Waals surface area contributed by atoms with Gasteiger partial charge in [0.25, 0.3) is 0 Å². The molecule has 1 fully saturated rings. The molecular weight excluding hydrogens is 420 g/mol. The third-order valence-corrected chi connectivity index (χ3v) is 6.66. The van der Waals surface area contributed by atoms with Crippen LogP contribution in [0.5, 0.6) is 0 Å². The molecule has 0 aromatic heterocycles. The highest BCUT2D eigenvalue weighted by atomic mass is 16.5. The van der Waals surface area contributed by atoms with Gasteiger partial charge in [-0.05, 0) is 47.9 Å². The van der Waals surface area contributed by atoms with Crippen LogP contribution in [-0.2, 0) is 14.3 Å². The summed E-state index contributed by atoms with van der Waals surface area (Å²) in [5.41, 5.74) is 4.57. The fourth-order valence-corrected chi connectivity index (χ4v) is 4.98. The van der Waals surface area contributed by atoms with Crippen molar-refractivity contribution < 1.29 is 24.2 Å². The smallest absolute Gasteiger partial charge is 0.407 e. The Morgan fingerprint density at radius 1 is 1.03 bits per heavy atom. The molecule has 7 nitrogen and oxygen atoms in total. The molecule has 3 unspecified atom stereocenters. The average Bonchev–Trinajstić information content (AvgIpc) is 3.40. The quantitative estimate of drug-likeness (QED) is 0.563. The lowest BCUT2D eigenvalue weighted by Crippen LogP contribution is -2.49. The van der Waals surface area contributed by atoms with Gasteiger partial charge in [-0.25, -0.2) is 4.79 Å². The summed E-state index contributed by atoms with van der Waals surface area (Å²) in [6.45, 7) is 2.12. The number of amides is 2. The molecule has 0 bridgehead atoms. The third kappa shape index (κ3) is 5.02. The van der Waals surface area contributed by atoms with E-state index >= 15 is 0 Å². The molecule has 2 aliphatic rings. The summed E-state index contributed by atoms with van der Waals surface area (Å²) in [6.07, 6.45) is 2.17. The van der Waals surface area contributed by atoms with Crippen LogP contribution in [0.4, 0.5) is 4.79 Å². The number of benzene rings is 2. The van der Waals surface area contributed by atoms with Crippen molar-refractivity contribution in [3.8, 4) is 11.1 Å². The molecule has 3 atom stereocenters. The van der Waals surface area contributed by atoms with Crippen LogP contribution in [0.2, 0.25) is 0 Å². The molecule has 0 spiro atoms. The highest BCUT2D eigenvalue weighted by Crippen LogP contribution is 2.44. The Balaban J connectivity index is 1.35. The SMILES string of the molecule is CCCC(NC(=O)OCC1c2ccccc2-c2ccccc21)C(=O)NC1CCC(C(=O)O)C1. The van der Waals surface area contributed by atoms with Gasteiger partial charge in [-0.2, -0.15) is 0 Å². The van der Waals surface area contributed by atoms with Gasteiger partial charge in [0, 0.05) is 12.0 Å². The van der Waals surface area contributed by atoms with Gasteiger partial charge in [0.2, 0.25) is 5.91 Å². The molecule has 4 rings (SSSR count). The van der Waals surface area contributed by atoms with Crippen molar-refractivity contribution in [3.05, 3.63) is 59.7 Å². The second kappa shape index (κ2) is 10.1. The summed E-state index contributed by atoms with van der Waals surface area (Å²) >= 11 is 0. The van der Waals surface area contributed by atoms with Gasteiger partial charge in [-0.1, -0.05) is 61.9 Å². The fraction of sp³-hybridized carbons (Fsp3) is 0.423. The summed E-state index contributed by atoms with van der Waals surface area (Å²) in [4.78, 5) is 36.5. The van der Waals surface area contributed by atoms with Crippen LogP contribution < -0.4 is 10.6 Å². The number of hydrogen-bond acceptors (Lipinski definition) is 4. The lowest BCUT2D eigenvalue weighted by molar-refractivity contribution is -0.141. The minimum atomic E-state index is -0.825. The van der Waals surface area contributed by atoms with Gasteiger partial charge in [0.05, 0.1) is 5.92 Å². The number of fused-ring (bicyclic) bond motifs is 3. The van der Waals surface area contributed by atoms with Crippen LogP contribution in [0.15, 0.2) is 48.5 Å². The van der Waals surface area contributed by atoms with E-state index in [0.717, 1.165) is 22.3 Å². The van der Waals surface area contributed by atoms with E-state index in [2.05, 4.69) is 34.9 Å². The normalized spacial score (nSPS) is 19.9. The standard InChI is InChI=1S/C26H30N2O5/c1-2-7-23(24(29)27-17-13-12-16(14-17)25(30)31)28-26(32)33-15-22-20-10-5-3-8-18(20)19-9-4-6-11-21(19)22/h3-6,8-11,16-17,22-23H,2,7,12-15H2,1H3,(H,27,29)(H,28,32)(H,30,31). The van der Waals surface area contributed by atoms with Crippen LogP contribution in [-0.4, -0.2) is 41.8 Å². The Hall–Kier alpha value is -3.35. The minimum absolute atomic E-state index is 0.0481. The van der Waals surface area contributed by atoms with E-state index in [1.54, 1.807) is 0 Å². The molecule has 2 aliphatic carbocycles. The molecule has 0 heterocycles. The van der Waals surface area contributed by atoms with Gasteiger partial charge < -0.3 is 20.5 Å². The summed E-state index contributed by atoms with van der Waals surface area (Å²) in [5, 5.41) is 14.8. The average molecular weight is 451 g/mol. The van der Waals surface area contributed by atoms with E-state index in [1.807, 2.05) is 31.2 Å². The number of aliphatic carboxylic acids is 1. The highest BCUT2D eigenvalue weighted by Gasteiger charge is 2.33. The monoisotopic (exact) mass is 450 g/mol. The van der Waals surface area contributed by atoms with E-state index in [0.29, 0.717) is 32.1 Å². The molecule has 33 heavy (non-hydrogen) atoms. The molecule has 0 radical (unpaired) electrons. The maximum Gasteiger partial charge on any atom is 0.407 e. The molecule has 1 saturated carbocycles. The fourth-order valence-electron chi connectivity index (χ4n) is 4.98. The zero-order valence-corrected chi connectivity index (χ0v) is 18.8. The minimum Gasteiger partial charge on any atom is -0.481 e. The number of carboxylic acids is 1. The van der Waals surface area contributed by atoms with Crippen LogP contribution in [0, 0.1) is 5.92 Å². The zero-order chi connectivity index (χ0) is 23.4. The maximum atomic E-state index is 12.8. The third-order valence-electron chi connectivity index (χ3n) is 6.66. The topological polar surface area (TPSA) is 105 Å². The molecule has 2 aromatic carbocycles. The molecular formula is C26H30N2O5. The number of rotatable bonds is 8. The van der Waals surface area contributed by atoms with Crippen molar-refractivity contribution in [1.82, 2.24) is 10.6 Å². The lowest BCUT2D eigenvalue weighted by Gasteiger charge is -2.21. The van der Waals surface area contributed by atoms with Crippen molar-refractivity contribution >= 4 is 18.0 Å². The number of nitrogens with one attached hydrogen (secondary N) is 2. The van der Waals surface area contributed by atoms with E-state index in [4.69, 9.17) is 9.84 Å². The van der Waals surface area contributed by atoms with E-state index in [-0.39, 0.29) is 24.5 Å². The van der Waals surface area contributed by atoms with Crippen molar-refractivity contribution in [3.63, 3.8) is 0 Å². The first-order valence-corrected chi connectivity index (χ1v) is 11.6. The molecule has 0 saturated heterocycles. The second-order valence-corrected chi connectivity index (χ2v) is 8.86. The Labute approximate surface area is 193 Å². The van der Waals surface area contributed by atoms with Crippen LogP contribution in [0.3, 0.4) is 0 Å². The predicted octanol–water partition coefficient (Wildman–Crippen LogP) is 4.06. The number of alkyl carbamates (subject to hydrolysis) is 1. The largest absolute Gasteiger partial charge is 0.481 e. The highest BCUT2D eigenvalue weighted by molar-refractivity contribution is 5.86. The first-order valence-electron chi connectivity index (χ1n) is 11.6. The van der Waals surface area contributed by atoms with E-state index < -0.39 is 24.0 Å². The van der Waals surface area contributed by atoms with Gasteiger partial charge in [0.1, 0.15) is 12.6 Å². The first kappa shape index (κ1) is 22.8. The van der Waals surface area contributed by atoms with E-state index in [1.165, 1.54) is 0 Å². The van der Waals surface area contributed by atoms with Crippen LogP contribution >= 0.6 is 0 Å². The van der Waals surface area contributed by atoms with Crippen molar-refractivity contribution in [1.29, 1.82) is 0 Å². The van der Waals surface area contributed by atoms with Crippen molar-refractivity contribution in [2.24, 2.45) is 5.92 Å². The summed E-state index contributed by atoms with van der Waals surface area (Å²) < 4.78 is 5.58. The van der Waals surface area contributed by atoms with Gasteiger partial charge in [0.15, 0.2) is 0 Å². The van der Waals surface area contributed by atoms with E-state index in [9.17, 15) is 14.4 Å². The van der Waals surface area contributed by atoms with Gasteiger partial charge >= 0.3 is 12.1 Å². The Bertz CT molecular complexity index is 991. The molecule has 0 aliphatic heterocycles.